The maximum Gasteiger partial charge on any atom is 0.337 e. The lowest BCUT2D eigenvalue weighted by atomic mass is 10.2. The zero-order chi connectivity index (χ0) is 20.7. The summed E-state index contributed by atoms with van der Waals surface area (Å²) in [6.07, 6.45) is 0.0650. The lowest BCUT2D eigenvalue weighted by Gasteiger charge is -2.11. The van der Waals surface area contributed by atoms with Crippen molar-refractivity contribution in [1.82, 2.24) is 0 Å². The van der Waals surface area contributed by atoms with Gasteiger partial charge in [0.2, 0.25) is 0 Å². The summed E-state index contributed by atoms with van der Waals surface area (Å²) in [6.45, 7) is -0.0200. The summed E-state index contributed by atoms with van der Waals surface area (Å²) in [5.41, 5.74) is 0.260. The highest BCUT2D eigenvalue weighted by Gasteiger charge is 2.18. The van der Waals surface area contributed by atoms with E-state index in [9.17, 15) is 22.4 Å². The van der Waals surface area contributed by atoms with Crippen LogP contribution in [-0.2, 0) is 19.6 Å². The van der Waals surface area contributed by atoms with E-state index in [1.54, 1.807) is 0 Å². The van der Waals surface area contributed by atoms with Crippen LogP contribution in [0.15, 0.2) is 47.4 Å². The highest BCUT2D eigenvalue weighted by Crippen LogP contribution is 2.23. The van der Waals surface area contributed by atoms with Crippen LogP contribution in [-0.4, -0.2) is 39.2 Å². The van der Waals surface area contributed by atoms with Crippen LogP contribution in [0.25, 0.3) is 0 Å². The Hall–Kier alpha value is -3.14. The minimum atomic E-state index is -4.11. The van der Waals surface area contributed by atoms with Gasteiger partial charge in [0, 0.05) is 12.1 Å². The van der Waals surface area contributed by atoms with Gasteiger partial charge in [0.25, 0.3) is 10.0 Å². The Morgan fingerprint density at radius 3 is 2.57 bits per heavy atom. The molecule has 0 heterocycles. The SMILES string of the molecule is COC(=O)c1cccc(NS(=O)(=O)c2ccc(OCCCC(=O)O)c(F)c2)c1. The fourth-order valence-electron chi connectivity index (χ4n) is 2.21. The Morgan fingerprint density at radius 1 is 1.18 bits per heavy atom. The molecule has 0 radical (unpaired) electrons. The van der Waals surface area contributed by atoms with Crippen LogP contribution < -0.4 is 9.46 Å². The Labute approximate surface area is 160 Å². The molecule has 0 spiro atoms. The number of benzene rings is 2. The van der Waals surface area contributed by atoms with Gasteiger partial charge in [-0.3, -0.25) is 9.52 Å². The van der Waals surface area contributed by atoms with Crippen molar-refractivity contribution in [3.8, 4) is 5.75 Å². The first-order chi connectivity index (χ1) is 13.2. The zero-order valence-corrected chi connectivity index (χ0v) is 15.7. The summed E-state index contributed by atoms with van der Waals surface area (Å²) >= 11 is 0. The summed E-state index contributed by atoms with van der Waals surface area (Å²) in [5.74, 6) is -2.71. The van der Waals surface area contributed by atoms with Crippen LogP contribution >= 0.6 is 0 Å². The molecule has 2 aromatic carbocycles. The minimum absolute atomic E-state index is 0.0200. The van der Waals surface area contributed by atoms with Crippen LogP contribution in [0.2, 0.25) is 0 Å². The van der Waals surface area contributed by atoms with Gasteiger partial charge in [-0.15, -0.1) is 0 Å². The first kappa shape index (κ1) is 21.2. The second-order valence-corrected chi connectivity index (χ2v) is 7.30. The average molecular weight is 411 g/mol. The molecule has 2 N–H and O–H groups in total. The number of aliphatic carboxylic acids is 1. The van der Waals surface area contributed by atoms with Crippen molar-refractivity contribution < 1.29 is 37.0 Å². The molecule has 0 fully saturated rings. The van der Waals surface area contributed by atoms with Crippen molar-refractivity contribution in [3.05, 3.63) is 53.8 Å². The third-order valence-electron chi connectivity index (χ3n) is 3.54. The standard InChI is InChI=1S/C18H18FNO7S/c1-26-18(23)12-4-2-5-13(10-12)20-28(24,25)14-7-8-16(15(19)11-14)27-9-3-6-17(21)22/h2,4-5,7-8,10-11,20H,3,6,9H2,1H3,(H,21,22). The van der Waals surface area contributed by atoms with Gasteiger partial charge in [0.15, 0.2) is 11.6 Å². The van der Waals surface area contributed by atoms with Crippen molar-refractivity contribution in [3.63, 3.8) is 0 Å². The molecule has 0 saturated heterocycles. The van der Waals surface area contributed by atoms with Crippen LogP contribution in [0, 0.1) is 5.82 Å². The van der Waals surface area contributed by atoms with Gasteiger partial charge in [-0.05, 0) is 42.8 Å². The van der Waals surface area contributed by atoms with Gasteiger partial charge in [0.05, 0.1) is 24.2 Å². The molecule has 0 bridgehead atoms. The number of hydrogen-bond acceptors (Lipinski definition) is 6. The third kappa shape index (κ3) is 5.68. The summed E-state index contributed by atoms with van der Waals surface area (Å²) in [5, 5.41) is 8.54. The van der Waals surface area contributed by atoms with Crippen LogP contribution in [0.5, 0.6) is 5.75 Å². The summed E-state index contributed by atoms with van der Waals surface area (Å²) in [6, 6.07) is 8.75. The molecule has 0 unspecified atom stereocenters. The van der Waals surface area contributed by atoms with Gasteiger partial charge in [0.1, 0.15) is 0 Å². The van der Waals surface area contributed by atoms with E-state index in [4.69, 9.17) is 9.84 Å². The fourth-order valence-corrected chi connectivity index (χ4v) is 3.27. The largest absolute Gasteiger partial charge is 0.491 e. The molecule has 0 atom stereocenters. The number of halogens is 1. The Bertz CT molecular complexity index is 976. The number of carboxylic acid groups (broad SMARTS) is 1. The van der Waals surface area contributed by atoms with Crippen LogP contribution in [0.3, 0.4) is 0 Å². The van der Waals surface area contributed by atoms with Crippen molar-refractivity contribution in [2.24, 2.45) is 0 Å². The number of sulfonamides is 1. The van der Waals surface area contributed by atoms with E-state index in [0.717, 1.165) is 18.2 Å². The Morgan fingerprint density at radius 2 is 1.93 bits per heavy atom. The zero-order valence-electron chi connectivity index (χ0n) is 14.8. The highest BCUT2D eigenvalue weighted by atomic mass is 32.2. The Balaban J connectivity index is 2.12. The molecule has 0 saturated carbocycles. The number of nitrogens with one attached hydrogen (secondary N) is 1. The van der Waals surface area contributed by atoms with E-state index >= 15 is 0 Å². The third-order valence-corrected chi connectivity index (χ3v) is 4.92. The van der Waals surface area contributed by atoms with E-state index in [-0.39, 0.29) is 41.3 Å². The number of esters is 1. The number of ether oxygens (including phenoxy) is 2. The predicted octanol–water partition coefficient (Wildman–Crippen LogP) is 2.66. The summed E-state index contributed by atoms with van der Waals surface area (Å²) in [4.78, 5) is 21.6. The molecule has 0 amide bonds. The summed E-state index contributed by atoms with van der Waals surface area (Å²) in [7, 11) is -2.91. The van der Waals surface area contributed by atoms with E-state index in [2.05, 4.69) is 9.46 Å². The molecule has 8 nitrogen and oxygen atoms in total. The highest BCUT2D eigenvalue weighted by molar-refractivity contribution is 7.92. The molecular formula is C18H18FNO7S. The predicted molar refractivity (Wildman–Crippen MR) is 97.4 cm³/mol. The minimum Gasteiger partial charge on any atom is -0.491 e. The van der Waals surface area contributed by atoms with Gasteiger partial charge < -0.3 is 14.6 Å². The van der Waals surface area contributed by atoms with E-state index < -0.39 is 27.8 Å². The number of rotatable bonds is 9. The number of methoxy groups -OCH3 is 1. The number of carbonyl (C=O) groups is 2. The topological polar surface area (TPSA) is 119 Å². The molecule has 0 aromatic heterocycles. The molecule has 0 aliphatic heterocycles. The van der Waals surface area contributed by atoms with Crippen molar-refractivity contribution in [2.45, 2.75) is 17.7 Å². The molecule has 0 aliphatic rings. The van der Waals surface area contributed by atoms with Crippen molar-refractivity contribution in [1.29, 1.82) is 0 Å². The Kier molecular flexibility index (Phi) is 6.94. The van der Waals surface area contributed by atoms with Crippen molar-refractivity contribution >= 4 is 27.6 Å². The molecular weight excluding hydrogens is 393 g/mol. The monoisotopic (exact) mass is 411 g/mol. The normalized spacial score (nSPS) is 10.9. The van der Waals surface area contributed by atoms with E-state index in [1.807, 2.05) is 0 Å². The van der Waals surface area contributed by atoms with Crippen LogP contribution in [0.1, 0.15) is 23.2 Å². The number of carboxylic acids is 1. The van der Waals surface area contributed by atoms with Crippen molar-refractivity contribution in [2.75, 3.05) is 18.4 Å². The molecule has 10 heteroatoms. The molecule has 150 valence electrons. The van der Waals surface area contributed by atoms with Gasteiger partial charge >= 0.3 is 11.9 Å². The molecule has 0 aliphatic carbocycles. The van der Waals surface area contributed by atoms with Gasteiger partial charge in [-0.25, -0.2) is 17.6 Å². The van der Waals surface area contributed by atoms with Crippen LogP contribution in [0.4, 0.5) is 10.1 Å². The molecule has 28 heavy (non-hydrogen) atoms. The fraction of sp³-hybridized carbons (Fsp3) is 0.222. The van der Waals surface area contributed by atoms with Gasteiger partial charge in [-0.2, -0.15) is 0 Å². The average Bonchev–Trinajstić information content (AvgIpc) is 2.65. The smallest absolute Gasteiger partial charge is 0.337 e. The number of hydrogen-bond donors (Lipinski definition) is 2. The van der Waals surface area contributed by atoms with Gasteiger partial charge in [-0.1, -0.05) is 6.07 Å². The maximum absolute atomic E-state index is 14.1. The van der Waals surface area contributed by atoms with E-state index in [0.29, 0.717) is 0 Å². The second kappa shape index (κ2) is 9.18. The molecule has 2 aromatic rings. The number of carbonyl (C=O) groups excluding carboxylic acids is 1. The lowest BCUT2D eigenvalue weighted by molar-refractivity contribution is -0.137. The first-order valence-corrected chi connectivity index (χ1v) is 9.56. The quantitative estimate of drug-likeness (QED) is 0.481. The second-order valence-electron chi connectivity index (χ2n) is 5.62. The lowest BCUT2D eigenvalue weighted by Crippen LogP contribution is -2.14. The van der Waals surface area contributed by atoms with E-state index in [1.165, 1.54) is 31.4 Å². The molecule has 2 rings (SSSR count). The summed E-state index contributed by atoms with van der Waals surface area (Å²) < 4.78 is 51.0. The first-order valence-electron chi connectivity index (χ1n) is 8.08. The number of anilines is 1. The maximum atomic E-state index is 14.1.